The third-order valence-electron chi connectivity index (χ3n) is 8.57. The van der Waals surface area contributed by atoms with Crippen LogP contribution in [0.4, 0.5) is 0 Å². The van der Waals surface area contributed by atoms with Crippen molar-refractivity contribution in [2.75, 3.05) is 13.2 Å². The Labute approximate surface area is 229 Å². The lowest BCUT2D eigenvalue weighted by Gasteiger charge is -2.44. The quantitative estimate of drug-likeness (QED) is 0.409. The molecule has 0 bridgehead atoms. The molecule has 8 nitrogen and oxygen atoms in total. The number of nitrogens with one attached hydrogen (secondary N) is 2. The maximum absolute atomic E-state index is 13.0. The highest BCUT2D eigenvalue weighted by atomic mass is 16.5. The fourth-order valence-corrected chi connectivity index (χ4v) is 6.44. The zero-order valence-electron chi connectivity index (χ0n) is 22.6. The first-order chi connectivity index (χ1) is 19.1. The number of carbonyl (C=O) groups is 2. The van der Waals surface area contributed by atoms with Gasteiger partial charge in [0.05, 0.1) is 18.1 Å². The SMILES string of the molecule is CCOC(=O)[C@H](Cc1ccc(-n2c([C@H]3CCCCN3)nc3cccnc32)cc1)NC1=CC(=O)C12CCCCC2. The highest BCUT2D eigenvalue weighted by Crippen LogP contribution is 2.48. The number of esters is 1. The minimum atomic E-state index is -0.549. The summed E-state index contributed by atoms with van der Waals surface area (Å²) in [5, 5.41) is 7.05. The molecule has 0 unspecified atom stereocenters. The Kier molecular flexibility index (Phi) is 7.21. The minimum absolute atomic E-state index is 0.190. The van der Waals surface area contributed by atoms with Gasteiger partial charge in [-0.1, -0.05) is 37.8 Å². The van der Waals surface area contributed by atoms with Gasteiger partial charge in [0.15, 0.2) is 11.4 Å². The zero-order chi connectivity index (χ0) is 26.8. The number of pyridine rings is 1. The lowest BCUT2D eigenvalue weighted by molar-refractivity contribution is -0.146. The fourth-order valence-electron chi connectivity index (χ4n) is 6.44. The van der Waals surface area contributed by atoms with Crippen LogP contribution in [0.25, 0.3) is 16.9 Å². The number of piperidine rings is 1. The molecular formula is C31H37N5O3. The molecule has 204 valence electrons. The maximum Gasteiger partial charge on any atom is 0.328 e. The molecule has 6 rings (SSSR count). The summed E-state index contributed by atoms with van der Waals surface area (Å²) in [5.74, 6) is 0.894. The van der Waals surface area contributed by atoms with Crippen LogP contribution < -0.4 is 10.6 Å². The van der Waals surface area contributed by atoms with E-state index in [1.165, 1.54) is 12.8 Å². The number of nitrogens with zero attached hydrogens (tertiary/aromatic N) is 3. The van der Waals surface area contributed by atoms with Crippen LogP contribution in [0.3, 0.4) is 0 Å². The molecule has 3 aromatic rings. The van der Waals surface area contributed by atoms with Gasteiger partial charge in [0, 0.05) is 30.1 Å². The molecule has 3 aliphatic rings. The first-order valence-electron chi connectivity index (χ1n) is 14.4. The van der Waals surface area contributed by atoms with Gasteiger partial charge in [0.25, 0.3) is 0 Å². The second kappa shape index (κ2) is 10.9. The summed E-state index contributed by atoms with van der Waals surface area (Å²) in [6.07, 6.45) is 12.4. The Bertz CT molecular complexity index is 1380. The molecule has 0 amide bonds. The number of aromatic nitrogens is 3. The topological polar surface area (TPSA) is 98.1 Å². The van der Waals surface area contributed by atoms with Gasteiger partial charge in [-0.2, -0.15) is 0 Å². The zero-order valence-corrected chi connectivity index (χ0v) is 22.6. The van der Waals surface area contributed by atoms with E-state index in [1.54, 1.807) is 6.08 Å². The van der Waals surface area contributed by atoms with Crippen molar-refractivity contribution in [2.24, 2.45) is 5.41 Å². The number of fused-ring (bicyclic) bond motifs is 1. The van der Waals surface area contributed by atoms with E-state index in [9.17, 15) is 9.59 Å². The van der Waals surface area contributed by atoms with E-state index < -0.39 is 11.5 Å². The van der Waals surface area contributed by atoms with E-state index in [1.807, 2.05) is 25.3 Å². The first-order valence-corrected chi connectivity index (χ1v) is 14.4. The second-order valence-corrected chi connectivity index (χ2v) is 11.0. The standard InChI is InChI=1S/C31H37N5O3/c1-2-39-30(38)25(34-26-20-27(37)31(26)15-5-3-6-16-31)19-21-11-13-22(14-12-21)36-28-24(10-8-18-33-28)35-29(36)23-9-4-7-17-32-23/h8,10-14,18,20,23,25,32,34H,2-7,9,15-17,19H2,1H3/t23-,25+/m1/s1. The van der Waals surface area contributed by atoms with E-state index in [0.29, 0.717) is 13.0 Å². The van der Waals surface area contributed by atoms with Crippen LogP contribution in [-0.2, 0) is 20.7 Å². The van der Waals surface area contributed by atoms with Crippen LogP contribution in [0.5, 0.6) is 0 Å². The lowest BCUT2D eigenvalue weighted by atomic mass is 9.62. The van der Waals surface area contributed by atoms with Crippen LogP contribution in [-0.4, -0.2) is 45.5 Å². The second-order valence-electron chi connectivity index (χ2n) is 11.0. The highest BCUT2D eigenvalue weighted by Gasteiger charge is 2.49. The predicted octanol–water partition coefficient (Wildman–Crippen LogP) is 4.72. The van der Waals surface area contributed by atoms with Crippen LogP contribution in [0.15, 0.2) is 54.4 Å². The monoisotopic (exact) mass is 527 g/mol. The third kappa shape index (κ3) is 4.86. The van der Waals surface area contributed by atoms with Gasteiger partial charge in [-0.3, -0.25) is 9.36 Å². The average molecular weight is 528 g/mol. The van der Waals surface area contributed by atoms with Crippen molar-refractivity contribution in [1.29, 1.82) is 0 Å². The molecule has 39 heavy (non-hydrogen) atoms. The van der Waals surface area contributed by atoms with Gasteiger partial charge >= 0.3 is 5.97 Å². The van der Waals surface area contributed by atoms with Crippen molar-refractivity contribution >= 4 is 22.9 Å². The number of rotatable bonds is 8. The van der Waals surface area contributed by atoms with E-state index in [4.69, 9.17) is 9.72 Å². The van der Waals surface area contributed by atoms with E-state index in [-0.39, 0.29) is 17.8 Å². The van der Waals surface area contributed by atoms with Gasteiger partial charge in [-0.05, 0) is 69.0 Å². The number of hydrogen-bond acceptors (Lipinski definition) is 7. The van der Waals surface area contributed by atoms with E-state index >= 15 is 0 Å². The smallest absolute Gasteiger partial charge is 0.328 e. The Morgan fingerprint density at radius 1 is 1.15 bits per heavy atom. The molecule has 2 fully saturated rings. The van der Waals surface area contributed by atoms with Gasteiger partial charge < -0.3 is 15.4 Å². The largest absolute Gasteiger partial charge is 0.464 e. The Hall–Kier alpha value is -3.52. The fraction of sp³-hybridized carbons (Fsp3) is 0.484. The molecule has 8 heteroatoms. The number of hydrogen-bond donors (Lipinski definition) is 2. The third-order valence-corrected chi connectivity index (χ3v) is 8.57. The van der Waals surface area contributed by atoms with Crippen LogP contribution in [0.1, 0.15) is 75.7 Å². The molecular weight excluding hydrogens is 490 g/mol. The molecule has 3 heterocycles. The Morgan fingerprint density at radius 3 is 2.69 bits per heavy atom. The number of carbonyl (C=O) groups excluding carboxylic acids is 2. The van der Waals surface area contributed by atoms with Crippen molar-refractivity contribution < 1.29 is 14.3 Å². The van der Waals surface area contributed by atoms with Crippen LogP contribution in [0.2, 0.25) is 0 Å². The normalized spacial score (nSPS) is 21.3. The number of benzene rings is 1. The number of ketones is 1. The summed E-state index contributed by atoms with van der Waals surface area (Å²) in [7, 11) is 0. The Morgan fingerprint density at radius 2 is 1.97 bits per heavy atom. The van der Waals surface area contributed by atoms with Gasteiger partial charge in [-0.25, -0.2) is 14.8 Å². The van der Waals surface area contributed by atoms with E-state index in [0.717, 1.165) is 79.0 Å². The van der Waals surface area contributed by atoms with Crippen LogP contribution >= 0.6 is 0 Å². The van der Waals surface area contributed by atoms with Gasteiger partial charge in [-0.15, -0.1) is 0 Å². The summed E-state index contributed by atoms with van der Waals surface area (Å²) in [5.41, 5.74) is 4.22. The van der Waals surface area contributed by atoms with Crippen molar-refractivity contribution in [3.63, 3.8) is 0 Å². The minimum Gasteiger partial charge on any atom is -0.464 e. The summed E-state index contributed by atoms with van der Waals surface area (Å²) in [6, 6.07) is 11.9. The molecule has 2 N–H and O–H groups in total. The van der Waals surface area contributed by atoms with Crippen molar-refractivity contribution in [3.8, 4) is 5.69 Å². The molecule has 2 aliphatic carbocycles. The molecule has 1 saturated carbocycles. The molecule has 1 spiro atoms. The molecule has 1 aliphatic heterocycles. The predicted molar refractivity (Wildman–Crippen MR) is 149 cm³/mol. The lowest BCUT2D eigenvalue weighted by Crippen LogP contribution is -2.52. The number of allylic oxidation sites excluding steroid dienone is 2. The Balaban J connectivity index is 1.25. The van der Waals surface area contributed by atoms with E-state index in [2.05, 4.69) is 44.5 Å². The number of imidazole rings is 1. The van der Waals surface area contributed by atoms with Crippen molar-refractivity contribution in [1.82, 2.24) is 25.2 Å². The number of ether oxygens (including phenoxy) is 1. The summed E-state index contributed by atoms with van der Waals surface area (Å²) in [6.45, 7) is 3.13. The highest BCUT2D eigenvalue weighted by molar-refractivity contribution is 6.05. The summed E-state index contributed by atoms with van der Waals surface area (Å²) < 4.78 is 7.57. The average Bonchev–Trinajstić information content (AvgIpc) is 3.37. The van der Waals surface area contributed by atoms with Gasteiger partial charge in [0.2, 0.25) is 0 Å². The maximum atomic E-state index is 13.0. The first kappa shape index (κ1) is 25.7. The van der Waals surface area contributed by atoms with Crippen molar-refractivity contribution in [3.05, 3.63) is 65.8 Å². The van der Waals surface area contributed by atoms with Crippen LogP contribution in [0, 0.1) is 5.41 Å². The van der Waals surface area contributed by atoms with Gasteiger partial charge in [0.1, 0.15) is 17.4 Å². The van der Waals surface area contributed by atoms with Crippen molar-refractivity contribution in [2.45, 2.75) is 76.8 Å². The summed E-state index contributed by atoms with van der Waals surface area (Å²) >= 11 is 0. The molecule has 1 saturated heterocycles. The molecule has 2 atom stereocenters. The molecule has 0 radical (unpaired) electrons. The summed E-state index contributed by atoms with van der Waals surface area (Å²) in [4.78, 5) is 35.2. The molecule has 1 aromatic carbocycles. The molecule has 2 aromatic heterocycles.